The van der Waals surface area contributed by atoms with Gasteiger partial charge in [0, 0.05) is 0 Å². The fourth-order valence-electron chi connectivity index (χ4n) is 1.52. The number of hydrogen-bond donors (Lipinski definition) is 2. The number of rotatable bonds is 4. The molecule has 0 fully saturated rings. The molecule has 0 saturated heterocycles. The van der Waals surface area contributed by atoms with Gasteiger partial charge in [0.05, 0.1) is 5.69 Å². The number of aryl methyl sites for hydroxylation is 2. The molecule has 2 amide bonds. The number of nitrogens with zero attached hydrogens (tertiary/aromatic N) is 2. The summed E-state index contributed by atoms with van der Waals surface area (Å²) >= 11 is 0.966. The van der Waals surface area contributed by atoms with E-state index in [1.54, 1.807) is 13.0 Å². The Labute approximate surface area is 125 Å². The summed E-state index contributed by atoms with van der Waals surface area (Å²) in [6.45, 7) is 3.36. The highest BCUT2D eigenvalue weighted by atomic mass is 32.1. The Hall–Kier alpha value is -2.48. The number of hydrogen-bond acceptors (Lipinski definition) is 6. The third-order valence-corrected chi connectivity index (χ3v) is 3.45. The molecular formula is C13H14N4O3S. The summed E-state index contributed by atoms with van der Waals surface area (Å²) in [5, 5.41) is 3.72. The van der Waals surface area contributed by atoms with E-state index in [4.69, 9.17) is 4.74 Å². The van der Waals surface area contributed by atoms with E-state index in [2.05, 4.69) is 20.4 Å². The number of aromatic nitrogens is 2. The molecule has 1 aromatic heterocycles. The van der Waals surface area contributed by atoms with E-state index in [1.165, 1.54) is 0 Å². The second kappa shape index (κ2) is 6.80. The lowest BCUT2D eigenvalue weighted by Crippen LogP contribution is -2.43. The molecule has 0 aliphatic heterocycles. The Kier molecular flexibility index (Phi) is 4.83. The van der Waals surface area contributed by atoms with Crippen LogP contribution in [0.15, 0.2) is 24.3 Å². The van der Waals surface area contributed by atoms with E-state index < -0.39 is 11.8 Å². The van der Waals surface area contributed by atoms with Gasteiger partial charge in [-0.25, -0.2) is 0 Å². The maximum absolute atomic E-state index is 11.7. The Balaban J connectivity index is 1.79. The van der Waals surface area contributed by atoms with E-state index in [-0.39, 0.29) is 6.61 Å². The molecule has 0 radical (unpaired) electrons. The molecule has 21 heavy (non-hydrogen) atoms. The molecule has 0 saturated carbocycles. The van der Waals surface area contributed by atoms with Crippen molar-refractivity contribution in [2.24, 2.45) is 0 Å². The van der Waals surface area contributed by atoms with Gasteiger partial charge in [0.25, 0.3) is 11.8 Å². The van der Waals surface area contributed by atoms with Crippen molar-refractivity contribution in [2.75, 3.05) is 6.61 Å². The monoisotopic (exact) mass is 306 g/mol. The summed E-state index contributed by atoms with van der Waals surface area (Å²) in [6.07, 6.45) is 0. The smallest absolute Gasteiger partial charge is 0.283 e. The molecule has 0 aliphatic carbocycles. The summed E-state index contributed by atoms with van der Waals surface area (Å²) in [6, 6.07) is 7.36. The number of carbonyl (C=O) groups excluding carboxylic acids is 2. The van der Waals surface area contributed by atoms with Gasteiger partial charge in [-0.15, -0.1) is 5.10 Å². The Bertz CT molecular complexity index is 656. The summed E-state index contributed by atoms with van der Waals surface area (Å²) < 4.78 is 9.01. The van der Waals surface area contributed by atoms with E-state index in [0.29, 0.717) is 16.3 Å². The lowest BCUT2D eigenvalue weighted by Gasteiger charge is -2.09. The van der Waals surface area contributed by atoms with Gasteiger partial charge in [-0.1, -0.05) is 22.7 Å². The summed E-state index contributed by atoms with van der Waals surface area (Å²) in [7, 11) is 0. The molecule has 7 nitrogen and oxygen atoms in total. The fraction of sp³-hybridized carbons (Fsp3) is 0.231. The molecule has 2 aromatic rings. The third-order valence-electron chi connectivity index (χ3n) is 2.63. The van der Waals surface area contributed by atoms with Crippen molar-refractivity contribution in [3.05, 3.63) is 40.4 Å². The fourth-order valence-corrected chi connectivity index (χ4v) is 2.07. The average molecular weight is 306 g/mol. The first-order chi connectivity index (χ1) is 10.1. The first-order valence-corrected chi connectivity index (χ1v) is 6.92. The number of para-hydroxylation sites is 1. The number of nitrogens with one attached hydrogen (secondary N) is 2. The minimum atomic E-state index is -0.457. The van der Waals surface area contributed by atoms with Crippen molar-refractivity contribution in [1.29, 1.82) is 0 Å². The van der Waals surface area contributed by atoms with Gasteiger partial charge in [0.1, 0.15) is 10.6 Å². The molecule has 2 rings (SSSR count). The van der Waals surface area contributed by atoms with E-state index in [1.807, 2.05) is 25.1 Å². The molecule has 1 aromatic carbocycles. The van der Waals surface area contributed by atoms with Crippen LogP contribution < -0.4 is 15.6 Å². The van der Waals surface area contributed by atoms with Gasteiger partial charge in [-0.3, -0.25) is 20.4 Å². The van der Waals surface area contributed by atoms with Crippen molar-refractivity contribution in [3.63, 3.8) is 0 Å². The minimum absolute atomic E-state index is 0.189. The second-order valence-corrected chi connectivity index (χ2v) is 5.00. The van der Waals surface area contributed by atoms with Crippen LogP contribution in [-0.2, 0) is 4.79 Å². The maximum Gasteiger partial charge on any atom is 0.283 e. The van der Waals surface area contributed by atoms with Crippen LogP contribution in [0.2, 0.25) is 0 Å². The Morgan fingerprint density at radius 1 is 1.24 bits per heavy atom. The first-order valence-electron chi connectivity index (χ1n) is 6.14. The maximum atomic E-state index is 11.7. The molecular weight excluding hydrogens is 292 g/mol. The van der Waals surface area contributed by atoms with Gasteiger partial charge in [0.2, 0.25) is 0 Å². The third kappa shape index (κ3) is 3.99. The molecule has 1 heterocycles. The van der Waals surface area contributed by atoms with Crippen LogP contribution in [0, 0.1) is 13.8 Å². The van der Waals surface area contributed by atoms with Crippen molar-refractivity contribution < 1.29 is 14.3 Å². The molecule has 2 N–H and O–H groups in total. The predicted molar refractivity (Wildman–Crippen MR) is 76.9 cm³/mol. The highest BCUT2D eigenvalue weighted by molar-refractivity contribution is 7.07. The van der Waals surface area contributed by atoms with Gasteiger partial charge in [0.15, 0.2) is 6.61 Å². The highest BCUT2D eigenvalue weighted by Gasteiger charge is 2.13. The number of carbonyl (C=O) groups is 2. The number of hydrazine groups is 1. The lowest BCUT2D eigenvalue weighted by atomic mass is 10.2. The highest BCUT2D eigenvalue weighted by Crippen LogP contribution is 2.15. The number of amides is 2. The van der Waals surface area contributed by atoms with E-state index in [0.717, 1.165) is 17.1 Å². The van der Waals surface area contributed by atoms with Crippen molar-refractivity contribution in [2.45, 2.75) is 13.8 Å². The normalized spacial score (nSPS) is 10.0. The molecule has 0 bridgehead atoms. The molecule has 0 aliphatic rings. The van der Waals surface area contributed by atoms with Crippen LogP contribution in [0.5, 0.6) is 5.75 Å². The SMILES string of the molecule is Cc1ccccc1OCC(=O)NNC(=O)c1snnc1C. The molecule has 0 unspecified atom stereocenters. The number of benzene rings is 1. The van der Waals surface area contributed by atoms with Crippen LogP contribution in [-0.4, -0.2) is 28.0 Å². The quantitative estimate of drug-likeness (QED) is 0.822. The molecule has 8 heteroatoms. The average Bonchev–Trinajstić information content (AvgIpc) is 2.90. The topological polar surface area (TPSA) is 93.2 Å². The van der Waals surface area contributed by atoms with Crippen molar-refractivity contribution in [1.82, 2.24) is 20.4 Å². The second-order valence-electron chi connectivity index (χ2n) is 4.24. The van der Waals surface area contributed by atoms with E-state index in [9.17, 15) is 9.59 Å². The molecule has 0 spiro atoms. The van der Waals surface area contributed by atoms with Crippen LogP contribution in [0.1, 0.15) is 20.9 Å². The van der Waals surface area contributed by atoms with Gasteiger partial charge in [-0.2, -0.15) is 0 Å². The predicted octanol–water partition coefficient (Wildman–Crippen LogP) is 0.995. The Morgan fingerprint density at radius 2 is 2.00 bits per heavy atom. The van der Waals surface area contributed by atoms with Crippen LogP contribution >= 0.6 is 11.5 Å². The lowest BCUT2D eigenvalue weighted by molar-refractivity contribution is -0.123. The number of ether oxygens (including phenoxy) is 1. The summed E-state index contributed by atoms with van der Waals surface area (Å²) in [5.74, 6) is -0.282. The Morgan fingerprint density at radius 3 is 2.67 bits per heavy atom. The summed E-state index contributed by atoms with van der Waals surface area (Å²) in [4.78, 5) is 23.7. The van der Waals surface area contributed by atoms with Gasteiger partial charge < -0.3 is 4.74 Å². The largest absolute Gasteiger partial charge is 0.483 e. The van der Waals surface area contributed by atoms with Crippen LogP contribution in [0.25, 0.3) is 0 Å². The van der Waals surface area contributed by atoms with Gasteiger partial charge in [-0.05, 0) is 37.0 Å². The zero-order valence-electron chi connectivity index (χ0n) is 11.5. The standard InChI is InChI=1S/C13H14N4O3S/c1-8-5-3-4-6-10(8)20-7-11(18)15-16-13(19)12-9(2)14-17-21-12/h3-6H,7H2,1-2H3,(H,15,18)(H,16,19). The van der Waals surface area contributed by atoms with Gasteiger partial charge >= 0.3 is 0 Å². The van der Waals surface area contributed by atoms with Crippen molar-refractivity contribution >= 4 is 23.3 Å². The van der Waals surface area contributed by atoms with Crippen LogP contribution in [0.4, 0.5) is 0 Å². The minimum Gasteiger partial charge on any atom is -0.483 e. The molecule has 0 atom stereocenters. The molecule has 110 valence electrons. The van der Waals surface area contributed by atoms with E-state index >= 15 is 0 Å². The van der Waals surface area contributed by atoms with Crippen LogP contribution in [0.3, 0.4) is 0 Å². The summed E-state index contributed by atoms with van der Waals surface area (Å²) in [5.41, 5.74) is 6.01. The zero-order chi connectivity index (χ0) is 15.2. The zero-order valence-corrected chi connectivity index (χ0v) is 12.4. The first kappa shape index (κ1) is 14.9. The van der Waals surface area contributed by atoms with Crippen molar-refractivity contribution in [3.8, 4) is 5.75 Å².